The Balaban J connectivity index is 2.06. The third-order valence-corrected chi connectivity index (χ3v) is 4.45. The number of rotatable bonds is 2. The van der Waals surface area contributed by atoms with E-state index in [1.165, 1.54) is 19.4 Å². The molecular formula is C21H14F3NO. The molecule has 0 saturated carbocycles. The van der Waals surface area contributed by atoms with E-state index in [0.29, 0.717) is 16.7 Å². The molecule has 4 aromatic rings. The number of hydrogen-bond acceptors (Lipinski definition) is 2. The predicted octanol–water partition coefficient (Wildman–Crippen LogP) is 6.08. The Morgan fingerprint density at radius 1 is 0.808 bits per heavy atom. The first-order valence-electron chi connectivity index (χ1n) is 8.01. The number of alkyl halides is 3. The fraction of sp³-hybridized carbons (Fsp3) is 0.0952. The standard InChI is InChI=1S/C21H14F3NO/c1-26-15-9-6-14(7-10-15)20-19(21(22,23)24)17-11-8-13-4-2-3-5-16(13)18(17)12-25-20/h2-12H,1H3. The van der Waals surface area contributed by atoms with E-state index in [-0.39, 0.29) is 11.1 Å². The van der Waals surface area contributed by atoms with Crippen molar-refractivity contribution in [2.24, 2.45) is 0 Å². The van der Waals surface area contributed by atoms with Crippen molar-refractivity contribution in [2.45, 2.75) is 6.18 Å². The Morgan fingerprint density at radius 2 is 1.54 bits per heavy atom. The summed E-state index contributed by atoms with van der Waals surface area (Å²) in [5, 5.41) is 2.28. The van der Waals surface area contributed by atoms with E-state index in [4.69, 9.17) is 4.74 Å². The molecule has 4 rings (SSSR count). The van der Waals surface area contributed by atoms with Gasteiger partial charge in [-0.3, -0.25) is 4.98 Å². The molecule has 0 aliphatic heterocycles. The maximum absolute atomic E-state index is 13.9. The normalized spacial score (nSPS) is 11.8. The number of methoxy groups -OCH3 is 1. The smallest absolute Gasteiger partial charge is 0.419 e. The van der Waals surface area contributed by atoms with Gasteiger partial charge in [0, 0.05) is 17.1 Å². The molecule has 2 nitrogen and oxygen atoms in total. The van der Waals surface area contributed by atoms with Crippen LogP contribution in [0.2, 0.25) is 0 Å². The van der Waals surface area contributed by atoms with E-state index in [1.54, 1.807) is 30.3 Å². The summed E-state index contributed by atoms with van der Waals surface area (Å²) in [7, 11) is 1.51. The van der Waals surface area contributed by atoms with Gasteiger partial charge in [-0.25, -0.2) is 0 Å². The first-order chi connectivity index (χ1) is 12.5. The molecule has 130 valence electrons. The number of hydrogen-bond donors (Lipinski definition) is 0. The van der Waals surface area contributed by atoms with Crippen LogP contribution in [0.15, 0.2) is 66.9 Å². The second-order valence-corrected chi connectivity index (χ2v) is 5.96. The van der Waals surface area contributed by atoms with Crippen LogP contribution in [0.25, 0.3) is 32.8 Å². The summed E-state index contributed by atoms with van der Waals surface area (Å²) in [6, 6.07) is 17.0. The van der Waals surface area contributed by atoms with Crippen molar-refractivity contribution in [3.8, 4) is 17.0 Å². The first kappa shape index (κ1) is 16.4. The molecule has 0 aliphatic rings. The highest BCUT2D eigenvalue weighted by Gasteiger charge is 2.36. The van der Waals surface area contributed by atoms with E-state index in [9.17, 15) is 13.2 Å². The van der Waals surface area contributed by atoms with Gasteiger partial charge in [0.25, 0.3) is 0 Å². The number of aromatic nitrogens is 1. The summed E-state index contributed by atoms with van der Waals surface area (Å²) in [5.74, 6) is 0.578. The van der Waals surface area contributed by atoms with Gasteiger partial charge in [-0.2, -0.15) is 13.2 Å². The van der Waals surface area contributed by atoms with Gasteiger partial charge < -0.3 is 4.74 Å². The van der Waals surface area contributed by atoms with Gasteiger partial charge >= 0.3 is 6.18 Å². The zero-order valence-corrected chi connectivity index (χ0v) is 13.8. The van der Waals surface area contributed by atoms with Crippen molar-refractivity contribution in [3.05, 3.63) is 72.4 Å². The van der Waals surface area contributed by atoms with Crippen LogP contribution >= 0.6 is 0 Å². The van der Waals surface area contributed by atoms with Crippen LogP contribution in [0.4, 0.5) is 13.2 Å². The highest BCUT2D eigenvalue weighted by atomic mass is 19.4. The second kappa shape index (κ2) is 6.02. The molecule has 3 aromatic carbocycles. The quantitative estimate of drug-likeness (QED) is 0.407. The summed E-state index contributed by atoms with van der Waals surface area (Å²) in [4.78, 5) is 4.19. The van der Waals surface area contributed by atoms with Crippen LogP contribution in [0.1, 0.15) is 5.56 Å². The van der Waals surface area contributed by atoms with E-state index >= 15 is 0 Å². The monoisotopic (exact) mass is 353 g/mol. The van der Waals surface area contributed by atoms with Gasteiger partial charge in [-0.05, 0) is 40.4 Å². The molecule has 26 heavy (non-hydrogen) atoms. The number of fused-ring (bicyclic) bond motifs is 3. The predicted molar refractivity (Wildman–Crippen MR) is 96.2 cm³/mol. The molecule has 0 atom stereocenters. The minimum Gasteiger partial charge on any atom is -0.497 e. The lowest BCUT2D eigenvalue weighted by Gasteiger charge is -2.16. The van der Waals surface area contributed by atoms with E-state index in [0.717, 1.165) is 10.8 Å². The molecule has 5 heteroatoms. The summed E-state index contributed by atoms with van der Waals surface area (Å²) in [5.41, 5.74) is -0.401. The van der Waals surface area contributed by atoms with E-state index < -0.39 is 11.7 Å². The number of halogens is 3. The topological polar surface area (TPSA) is 22.1 Å². The van der Waals surface area contributed by atoms with Crippen molar-refractivity contribution < 1.29 is 17.9 Å². The zero-order chi connectivity index (χ0) is 18.3. The van der Waals surface area contributed by atoms with Gasteiger partial charge in [0.2, 0.25) is 0 Å². The molecule has 0 spiro atoms. The van der Waals surface area contributed by atoms with Gasteiger partial charge in [0.05, 0.1) is 18.4 Å². The molecule has 0 bridgehead atoms. The van der Waals surface area contributed by atoms with Crippen LogP contribution < -0.4 is 4.74 Å². The minimum absolute atomic E-state index is 0.0806. The molecule has 0 radical (unpaired) electrons. The Hall–Kier alpha value is -3.08. The minimum atomic E-state index is -4.52. The number of pyridine rings is 1. The Morgan fingerprint density at radius 3 is 2.23 bits per heavy atom. The summed E-state index contributed by atoms with van der Waals surface area (Å²) < 4.78 is 46.9. The van der Waals surface area contributed by atoms with Crippen molar-refractivity contribution >= 4 is 21.5 Å². The highest BCUT2D eigenvalue weighted by molar-refractivity contribution is 6.09. The number of ether oxygens (including phenoxy) is 1. The maximum atomic E-state index is 13.9. The maximum Gasteiger partial charge on any atom is 0.419 e. The van der Waals surface area contributed by atoms with Gasteiger partial charge in [0.1, 0.15) is 5.75 Å². The average molecular weight is 353 g/mol. The largest absolute Gasteiger partial charge is 0.497 e. The SMILES string of the molecule is COc1ccc(-c2ncc3c(ccc4ccccc43)c2C(F)(F)F)cc1. The molecule has 0 saturated heterocycles. The van der Waals surface area contributed by atoms with Crippen LogP contribution in [0.3, 0.4) is 0 Å². The van der Waals surface area contributed by atoms with Gasteiger partial charge in [0.15, 0.2) is 0 Å². The third-order valence-electron chi connectivity index (χ3n) is 4.45. The lowest BCUT2D eigenvalue weighted by atomic mass is 9.96. The molecule has 0 N–H and O–H groups in total. The third kappa shape index (κ3) is 2.65. The fourth-order valence-corrected chi connectivity index (χ4v) is 3.23. The lowest BCUT2D eigenvalue weighted by molar-refractivity contribution is -0.136. The first-order valence-corrected chi connectivity index (χ1v) is 8.01. The Kier molecular flexibility index (Phi) is 3.80. The molecule has 0 unspecified atom stereocenters. The van der Waals surface area contributed by atoms with Crippen LogP contribution in [-0.4, -0.2) is 12.1 Å². The van der Waals surface area contributed by atoms with E-state index in [1.807, 2.05) is 24.3 Å². The molecule has 0 amide bonds. The average Bonchev–Trinajstić information content (AvgIpc) is 2.66. The number of benzene rings is 3. The lowest BCUT2D eigenvalue weighted by Crippen LogP contribution is -2.09. The second-order valence-electron chi connectivity index (χ2n) is 5.96. The summed E-state index contributed by atoms with van der Waals surface area (Å²) in [6.07, 6.45) is -3.00. The molecule has 1 aromatic heterocycles. The van der Waals surface area contributed by atoms with Crippen molar-refractivity contribution in [1.82, 2.24) is 4.98 Å². The zero-order valence-electron chi connectivity index (χ0n) is 13.8. The molecule has 1 heterocycles. The Labute approximate surface area is 147 Å². The summed E-state index contributed by atoms with van der Waals surface area (Å²) >= 11 is 0. The molecular weight excluding hydrogens is 339 g/mol. The van der Waals surface area contributed by atoms with Crippen LogP contribution in [0, 0.1) is 0 Å². The summed E-state index contributed by atoms with van der Waals surface area (Å²) in [6.45, 7) is 0. The number of nitrogens with zero attached hydrogens (tertiary/aromatic N) is 1. The van der Waals surface area contributed by atoms with Crippen LogP contribution in [0.5, 0.6) is 5.75 Å². The molecule has 0 fully saturated rings. The Bertz CT molecular complexity index is 1100. The highest BCUT2D eigenvalue weighted by Crippen LogP contribution is 2.42. The van der Waals surface area contributed by atoms with Crippen molar-refractivity contribution in [2.75, 3.05) is 7.11 Å². The fourth-order valence-electron chi connectivity index (χ4n) is 3.23. The van der Waals surface area contributed by atoms with E-state index in [2.05, 4.69) is 4.98 Å². The van der Waals surface area contributed by atoms with Gasteiger partial charge in [-0.1, -0.05) is 36.4 Å². The van der Waals surface area contributed by atoms with Crippen LogP contribution in [-0.2, 0) is 6.18 Å². The van der Waals surface area contributed by atoms with Crippen molar-refractivity contribution in [3.63, 3.8) is 0 Å². The van der Waals surface area contributed by atoms with Crippen molar-refractivity contribution in [1.29, 1.82) is 0 Å². The van der Waals surface area contributed by atoms with Gasteiger partial charge in [-0.15, -0.1) is 0 Å². The molecule has 0 aliphatic carbocycles.